The summed E-state index contributed by atoms with van der Waals surface area (Å²) in [7, 11) is 0. The summed E-state index contributed by atoms with van der Waals surface area (Å²) in [6.45, 7) is 9.17. The van der Waals surface area contributed by atoms with Gasteiger partial charge in [0.05, 0.1) is 0 Å². The highest BCUT2D eigenvalue weighted by molar-refractivity contribution is 5.02. The minimum Gasteiger partial charge on any atom is -0.329 e. The van der Waals surface area contributed by atoms with E-state index in [1.807, 2.05) is 0 Å². The first-order chi connectivity index (χ1) is 8.08. The zero-order chi connectivity index (χ0) is 12.5. The van der Waals surface area contributed by atoms with Crippen LogP contribution in [0, 0.1) is 11.8 Å². The van der Waals surface area contributed by atoms with Gasteiger partial charge in [0.1, 0.15) is 0 Å². The average Bonchev–Trinajstić information content (AvgIpc) is 3.02. The summed E-state index contributed by atoms with van der Waals surface area (Å²) in [4.78, 5) is 2.79. The van der Waals surface area contributed by atoms with Gasteiger partial charge < -0.3 is 5.73 Å². The Bertz CT molecular complexity index is 241. The molecule has 2 N–H and O–H groups in total. The molecule has 0 aromatic carbocycles. The van der Waals surface area contributed by atoms with Gasteiger partial charge in [-0.25, -0.2) is 0 Å². The Labute approximate surface area is 107 Å². The van der Waals surface area contributed by atoms with Crippen LogP contribution in [-0.2, 0) is 0 Å². The van der Waals surface area contributed by atoms with E-state index in [-0.39, 0.29) is 5.54 Å². The molecule has 100 valence electrons. The molecule has 2 nitrogen and oxygen atoms in total. The van der Waals surface area contributed by atoms with Crippen molar-refractivity contribution in [1.82, 2.24) is 4.90 Å². The third-order valence-corrected chi connectivity index (χ3v) is 4.85. The second-order valence-electron chi connectivity index (χ2n) is 6.82. The Morgan fingerprint density at radius 3 is 2.18 bits per heavy atom. The fourth-order valence-electron chi connectivity index (χ4n) is 3.61. The Morgan fingerprint density at radius 2 is 1.76 bits per heavy atom. The van der Waals surface area contributed by atoms with Crippen LogP contribution in [0.15, 0.2) is 0 Å². The molecule has 1 atom stereocenters. The minimum absolute atomic E-state index is 0.277. The van der Waals surface area contributed by atoms with E-state index in [0.717, 1.165) is 24.4 Å². The smallest absolute Gasteiger partial charge is 0.0334 e. The van der Waals surface area contributed by atoms with Crippen LogP contribution < -0.4 is 5.73 Å². The number of rotatable bonds is 6. The molecule has 0 bridgehead atoms. The maximum atomic E-state index is 6.15. The van der Waals surface area contributed by atoms with Crippen molar-refractivity contribution in [2.24, 2.45) is 17.6 Å². The number of nitrogens with two attached hydrogens (primary N) is 1. The lowest BCUT2D eigenvalue weighted by Gasteiger charge is -2.46. The first-order valence-electron chi connectivity index (χ1n) is 7.54. The summed E-state index contributed by atoms with van der Waals surface area (Å²) in [5, 5.41) is 0. The van der Waals surface area contributed by atoms with E-state index in [2.05, 4.69) is 25.7 Å². The number of nitrogens with zero attached hydrogens (tertiary/aromatic N) is 1. The molecule has 0 radical (unpaired) electrons. The molecule has 2 rings (SSSR count). The van der Waals surface area contributed by atoms with Crippen molar-refractivity contribution in [2.75, 3.05) is 13.1 Å². The molecule has 2 fully saturated rings. The Morgan fingerprint density at radius 1 is 1.18 bits per heavy atom. The van der Waals surface area contributed by atoms with E-state index in [9.17, 15) is 0 Å². The summed E-state index contributed by atoms with van der Waals surface area (Å²) in [6, 6.07) is 0.812. The molecule has 2 aliphatic carbocycles. The van der Waals surface area contributed by atoms with Crippen LogP contribution in [0.2, 0.25) is 0 Å². The van der Waals surface area contributed by atoms with Crippen LogP contribution in [-0.4, -0.2) is 29.6 Å². The van der Waals surface area contributed by atoms with Gasteiger partial charge in [0, 0.05) is 24.7 Å². The van der Waals surface area contributed by atoms with Crippen molar-refractivity contribution in [3.63, 3.8) is 0 Å². The van der Waals surface area contributed by atoms with Crippen LogP contribution in [0.3, 0.4) is 0 Å². The Hall–Kier alpha value is -0.0800. The van der Waals surface area contributed by atoms with Gasteiger partial charge in [-0.2, -0.15) is 0 Å². The van der Waals surface area contributed by atoms with Gasteiger partial charge in [-0.05, 0) is 44.4 Å². The number of hydrogen-bond donors (Lipinski definition) is 1. The third kappa shape index (κ3) is 2.85. The molecular formula is C15H30N2. The van der Waals surface area contributed by atoms with E-state index in [1.165, 1.54) is 45.1 Å². The van der Waals surface area contributed by atoms with Crippen LogP contribution in [0.25, 0.3) is 0 Å². The summed E-state index contributed by atoms with van der Waals surface area (Å²) in [6.07, 6.45) is 8.43. The molecule has 0 amide bonds. The lowest BCUT2D eigenvalue weighted by Crippen LogP contribution is -2.58. The lowest BCUT2D eigenvalue weighted by atomic mass is 9.90. The standard InChI is InChI=1S/C15H30N2/c1-12(2)10-17(14-6-4-5-7-14)15(3,11-16)13-8-9-13/h12-14H,4-11,16H2,1-3H3. The predicted molar refractivity (Wildman–Crippen MR) is 74.0 cm³/mol. The van der Waals surface area contributed by atoms with E-state index in [1.54, 1.807) is 0 Å². The van der Waals surface area contributed by atoms with Crippen molar-refractivity contribution < 1.29 is 0 Å². The molecule has 0 saturated heterocycles. The monoisotopic (exact) mass is 238 g/mol. The normalized spacial score (nSPS) is 25.8. The largest absolute Gasteiger partial charge is 0.329 e. The molecule has 2 aliphatic rings. The van der Waals surface area contributed by atoms with Gasteiger partial charge in [-0.1, -0.05) is 26.7 Å². The van der Waals surface area contributed by atoms with Crippen LogP contribution in [0.5, 0.6) is 0 Å². The maximum Gasteiger partial charge on any atom is 0.0334 e. The average molecular weight is 238 g/mol. The highest BCUT2D eigenvalue weighted by Crippen LogP contribution is 2.45. The Kier molecular flexibility index (Phi) is 4.14. The maximum absolute atomic E-state index is 6.15. The van der Waals surface area contributed by atoms with E-state index in [0.29, 0.717) is 0 Å². The van der Waals surface area contributed by atoms with Gasteiger partial charge in [-0.3, -0.25) is 4.90 Å². The molecule has 2 heteroatoms. The predicted octanol–water partition coefficient (Wildman–Crippen LogP) is 3.01. The van der Waals surface area contributed by atoms with Crippen LogP contribution in [0.1, 0.15) is 59.3 Å². The molecule has 0 heterocycles. The topological polar surface area (TPSA) is 29.3 Å². The third-order valence-electron chi connectivity index (χ3n) is 4.85. The first-order valence-corrected chi connectivity index (χ1v) is 7.54. The zero-order valence-electron chi connectivity index (χ0n) is 11.9. The summed E-state index contributed by atoms with van der Waals surface area (Å²) in [5.74, 6) is 1.62. The van der Waals surface area contributed by atoms with Gasteiger partial charge in [-0.15, -0.1) is 0 Å². The molecule has 2 saturated carbocycles. The van der Waals surface area contributed by atoms with E-state index >= 15 is 0 Å². The van der Waals surface area contributed by atoms with Crippen molar-refractivity contribution in [1.29, 1.82) is 0 Å². The van der Waals surface area contributed by atoms with Crippen molar-refractivity contribution in [3.05, 3.63) is 0 Å². The Balaban J connectivity index is 2.11. The fraction of sp³-hybridized carbons (Fsp3) is 1.00. The van der Waals surface area contributed by atoms with Gasteiger partial charge in [0.2, 0.25) is 0 Å². The fourth-order valence-corrected chi connectivity index (χ4v) is 3.61. The molecule has 0 aromatic rings. The highest BCUT2D eigenvalue weighted by Gasteiger charge is 2.47. The van der Waals surface area contributed by atoms with E-state index < -0.39 is 0 Å². The lowest BCUT2D eigenvalue weighted by molar-refractivity contribution is 0.0343. The summed E-state index contributed by atoms with van der Waals surface area (Å²) < 4.78 is 0. The van der Waals surface area contributed by atoms with Crippen molar-refractivity contribution in [2.45, 2.75) is 70.9 Å². The minimum atomic E-state index is 0.277. The molecule has 0 aromatic heterocycles. The highest BCUT2D eigenvalue weighted by atomic mass is 15.2. The van der Waals surface area contributed by atoms with Crippen LogP contribution >= 0.6 is 0 Å². The zero-order valence-corrected chi connectivity index (χ0v) is 11.9. The molecule has 17 heavy (non-hydrogen) atoms. The van der Waals surface area contributed by atoms with Crippen LogP contribution in [0.4, 0.5) is 0 Å². The molecular weight excluding hydrogens is 208 g/mol. The SMILES string of the molecule is CC(C)CN(C1CCCC1)C(C)(CN)C1CC1. The molecule has 0 spiro atoms. The second kappa shape index (κ2) is 5.27. The van der Waals surface area contributed by atoms with Gasteiger partial charge in [0.25, 0.3) is 0 Å². The van der Waals surface area contributed by atoms with Crippen molar-refractivity contribution >= 4 is 0 Å². The molecule has 0 aliphatic heterocycles. The quantitative estimate of drug-likeness (QED) is 0.771. The van der Waals surface area contributed by atoms with Gasteiger partial charge in [0.15, 0.2) is 0 Å². The first kappa shape index (κ1) is 13.4. The van der Waals surface area contributed by atoms with E-state index in [4.69, 9.17) is 5.73 Å². The molecule has 1 unspecified atom stereocenters. The van der Waals surface area contributed by atoms with Gasteiger partial charge >= 0.3 is 0 Å². The van der Waals surface area contributed by atoms with Crippen molar-refractivity contribution in [3.8, 4) is 0 Å². The second-order valence-corrected chi connectivity index (χ2v) is 6.82. The summed E-state index contributed by atoms with van der Waals surface area (Å²) in [5.41, 5.74) is 6.43. The number of hydrogen-bond acceptors (Lipinski definition) is 2. The summed E-state index contributed by atoms with van der Waals surface area (Å²) >= 11 is 0.